The van der Waals surface area contributed by atoms with Crippen molar-refractivity contribution >= 4 is 0 Å². The highest BCUT2D eigenvalue weighted by atomic mass is 15.3. The van der Waals surface area contributed by atoms with E-state index in [0.29, 0.717) is 5.54 Å². The second-order valence-corrected chi connectivity index (χ2v) is 4.96. The van der Waals surface area contributed by atoms with Gasteiger partial charge in [0.25, 0.3) is 0 Å². The first-order valence-electron chi connectivity index (χ1n) is 6.29. The Morgan fingerprint density at radius 1 is 1.29 bits per heavy atom. The molecular weight excluding hydrogens is 172 g/mol. The van der Waals surface area contributed by atoms with Crippen LogP contribution in [0.4, 0.5) is 0 Å². The van der Waals surface area contributed by atoms with Crippen LogP contribution in [-0.4, -0.2) is 36.1 Å². The van der Waals surface area contributed by atoms with Crippen LogP contribution >= 0.6 is 0 Å². The minimum atomic E-state index is 0.542. The summed E-state index contributed by atoms with van der Waals surface area (Å²) in [5.41, 5.74) is 0.542. The SMILES string of the molecule is CCC1CN(CC)C2(CCCC2)CN1. The Kier molecular flexibility index (Phi) is 3.13. The Hall–Kier alpha value is -0.0800. The molecule has 0 aromatic carbocycles. The highest BCUT2D eigenvalue weighted by Gasteiger charge is 2.42. The average Bonchev–Trinajstić information content (AvgIpc) is 2.68. The van der Waals surface area contributed by atoms with E-state index in [0.717, 1.165) is 6.04 Å². The standard InChI is InChI=1S/C12H24N2/c1-3-11-9-14(4-2)12(10-13-11)7-5-6-8-12/h11,13H,3-10H2,1-2H3. The Balaban J connectivity index is 2.04. The van der Waals surface area contributed by atoms with E-state index in [9.17, 15) is 0 Å². The second kappa shape index (κ2) is 4.19. The summed E-state index contributed by atoms with van der Waals surface area (Å²) in [6.07, 6.45) is 6.99. The fourth-order valence-corrected chi connectivity index (χ4v) is 3.23. The Labute approximate surface area is 88.1 Å². The molecule has 2 rings (SSSR count). The van der Waals surface area contributed by atoms with Gasteiger partial charge in [-0.05, 0) is 25.8 Å². The van der Waals surface area contributed by atoms with E-state index in [2.05, 4.69) is 24.1 Å². The number of rotatable bonds is 2. The van der Waals surface area contributed by atoms with Crippen LogP contribution in [-0.2, 0) is 0 Å². The van der Waals surface area contributed by atoms with Gasteiger partial charge in [-0.2, -0.15) is 0 Å². The van der Waals surface area contributed by atoms with Crippen molar-refractivity contribution in [1.82, 2.24) is 10.2 Å². The minimum Gasteiger partial charge on any atom is -0.311 e. The number of nitrogens with zero attached hydrogens (tertiary/aromatic N) is 1. The average molecular weight is 196 g/mol. The van der Waals surface area contributed by atoms with Crippen LogP contribution in [0.2, 0.25) is 0 Å². The van der Waals surface area contributed by atoms with Gasteiger partial charge < -0.3 is 5.32 Å². The first-order valence-corrected chi connectivity index (χ1v) is 6.29. The molecule has 0 radical (unpaired) electrons. The van der Waals surface area contributed by atoms with E-state index in [1.165, 1.54) is 51.7 Å². The minimum absolute atomic E-state index is 0.542. The maximum atomic E-state index is 3.72. The zero-order valence-corrected chi connectivity index (χ0v) is 9.68. The summed E-state index contributed by atoms with van der Waals surface area (Å²) in [4.78, 5) is 2.74. The molecule has 2 nitrogen and oxygen atoms in total. The molecule has 1 aliphatic heterocycles. The number of hydrogen-bond acceptors (Lipinski definition) is 2. The maximum absolute atomic E-state index is 3.72. The largest absolute Gasteiger partial charge is 0.311 e. The number of piperazine rings is 1. The van der Waals surface area contributed by atoms with Crippen molar-refractivity contribution in [2.24, 2.45) is 0 Å². The van der Waals surface area contributed by atoms with Gasteiger partial charge in [-0.15, -0.1) is 0 Å². The van der Waals surface area contributed by atoms with Gasteiger partial charge >= 0.3 is 0 Å². The summed E-state index contributed by atoms with van der Waals surface area (Å²) in [5.74, 6) is 0. The lowest BCUT2D eigenvalue weighted by molar-refractivity contribution is 0.0474. The Morgan fingerprint density at radius 2 is 2.00 bits per heavy atom. The molecular formula is C12H24N2. The maximum Gasteiger partial charge on any atom is 0.0334 e. The van der Waals surface area contributed by atoms with E-state index in [1.807, 2.05) is 0 Å². The van der Waals surface area contributed by atoms with Crippen LogP contribution in [0.15, 0.2) is 0 Å². The molecule has 2 fully saturated rings. The first-order chi connectivity index (χ1) is 6.80. The van der Waals surface area contributed by atoms with Crippen molar-refractivity contribution in [2.45, 2.75) is 57.5 Å². The van der Waals surface area contributed by atoms with Gasteiger partial charge in [-0.25, -0.2) is 0 Å². The van der Waals surface area contributed by atoms with Crippen LogP contribution in [0.1, 0.15) is 46.0 Å². The van der Waals surface area contributed by atoms with Crippen LogP contribution in [0.25, 0.3) is 0 Å². The van der Waals surface area contributed by atoms with Gasteiger partial charge in [-0.3, -0.25) is 4.90 Å². The lowest BCUT2D eigenvalue weighted by Gasteiger charge is -2.48. The second-order valence-electron chi connectivity index (χ2n) is 4.96. The number of likely N-dealkylation sites (N-methyl/N-ethyl adjacent to an activating group) is 1. The lowest BCUT2D eigenvalue weighted by atomic mass is 9.90. The Bertz CT molecular complexity index is 185. The number of nitrogens with one attached hydrogen (secondary N) is 1. The summed E-state index contributed by atoms with van der Waals surface area (Å²) in [6.45, 7) is 8.35. The molecule has 0 amide bonds. The summed E-state index contributed by atoms with van der Waals surface area (Å²) in [7, 11) is 0. The summed E-state index contributed by atoms with van der Waals surface area (Å²) in [6, 6.07) is 0.737. The number of hydrogen-bond donors (Lipinski definition) is 1. The van der Waals surface area contributed by atoms with Crippen LogP contribution in [0.5, 0.6) is 0 Å². The third kappa shape index (κ3) is 1.70. The zero-order valence-electron chi connectivity index (χ0n) is 9.68. The van der Waals surface area contributed by atoms with E-state index >= 15 is 0 Å². The molecule has 1 atom stereocenters. The van der Waals surface area contributed by atoms with E-state index in [-0.39, 0.29) is 0 Å². The van der Waals surface area contributed by atoms with Crippen molar-refractivity contribution in [3.63, 3.8) is 0 Å². The van der Waals surface area contributed by atoms with Gasteiger partial charge in [0.15, 0.2) is 0 Å². The van der Waals surface area contributed by atoms with Gasteiger partial charge in [0.1, 0.15) is 0 Å². The molecule has 0 aromatic heterocycles. The molecule has 2 heteroatoms. The highest BCUT2D eigenvalue weighted by Crippen LogP contribution is 2.36. The highest BCUT2D eigenvalue weighted by molar-refractivity contribution is 5.01. The molecule has 1 saturated carbocycles. The fourth-order valence-electron chi connectivity index (χ4n) is 3.23. The first kappa shape index (κ1) is 10.4. The molecule has 14 heavy (non-hydrogen) atoms. The normalized spacial score (nSPS) is 32.6. The zero-order chi connectivity index (χ0) is 10.0. The van der Waals surface area contributed by atoms with Crippen molar-refractivity contribution in [3.8, 4) is 0 Å². The van der Waals surface area contributed by atoms with Crippen molar-refractivity contribution in [2.75, 3.05) is 19.6 Å². The van der Waals surface area contributed by atoms with E-state index in [4.69, 9.17) is 0 Å². The fraction of sp³-hybridized carbons (Fsp3) is 1.00. The third-order valence-corrected chi connectivity index (χ3v) is 4.24. The summed E-state index contributed by atoms with van der Waals surface area (Å²) >= 11 is 0. The van der Waals surface area contributed by atoms with E-state index in [1.54, 1.807) is 0 Å². The van der Waals surface area contributed by atoms with Gasteiger partial charge in [0.05, 0.1) is 0 Å². The van der Waals surface area contributed by atoms with Crippen LogP contribution in [0, 0.1) is 0 Å². The molecule has 1 aliphatic carbocycles. The predicted octanol–water partition coefficient (Wildman–Crippen LogP) is 2.00. The molecule has 1 spiro atoms. The van der Waals surface area contributed by atoms with Crippen LogP contribution < -0.4 is 5.32 Å². The molecule has 1 saturated heterocycles. The molecule has 1 heterocycles. The van der Waals surface area contributed by atoms with Gasteiger partial charge in [0, 0.05) is 24.7 Å². The lowest BCUT2D eigenvalue weighted by Crippen LogP contribution is -2.63. The quantitative estimate of drug-likeness (QED) is 0.727. The van der Waals surface area contributed by atoms with Crippen molar-refractivity contribution in [3.05, 3.63) is 0 Å². The summed E-state index contributed by atoms with van der Waals surface area (Å²) < 4.78 is 0. The van der Waals surface area contributed by atoms with Crippen molar-refractivity contribution in [1.29, 1.82) is 0 Å². The van der Waals surface area contributed by atoms with Gasteiger partial charge in [0.2, 0.25) is 0 Å². The van der Waals surface area contributed by atoms with Gasteiger partial charge in [-0.1, -0.05) is 26.7 Å². The third-order valence-electron chi connectivity index (χ3n) is 4.24. The molecule has 1 unspecified atom stereocenters. The predicted molar refractivity (Wildman–Crippen MR) is 60.5 cm³/mol. The molecule has 1 N–H and O–H groups in total. The van der Waals surface area contributed by atoms with E-state index < -0.39 is 0 Å². The Morgan fingerprint density at radius 3 is 2.57 bits per heavy atom. The molecule has 0 aromatic rings. The topological polar surface area (TPSA) is 15.3 Å². The van der Waals surface area contributed by atoms with Crippen molar-refractivity contribution < 1.29 is 0 Å². The molecule has 0 bridgehead atoms. The smallest absolute Gasteiger partial charge is 0.0334 e. The monoisotopic (exact) mass is 196 g/mol. The molecule has 82 valence electrons. The summed E-state index contributed by atoms with van der Waals surface area (Å²) in [5, 5.41) is 3.72. The molecule has 2 aliphatic rings. The van der Waals surface area contributed by atoms with Crippen LogP contribution in [0.3, 0.4) is 0 Å².